The van der Waals surface area contributed by atoms with Crippen LogP contribution in [-0.4, -0.2) is 82.7 Å². The fourth-order valence-corrected chi connectivity index (χ4v) is 3.93. The van der Waals surface area contributed by atoms with Gasteiger partial charge >= 0.3 is 0 Å². The van der Waals surface area contributed by atoms with Gasteiger partial charge in [-0.25, -0.2) is 4.39 Å². The molecule has 3 rings (SSSR count). The lowest BCUT2D eigenvalue weighted by atomic mass is 10.0. The van der Waals surface area contributed by atoms with Crippen molar-refractivity contribution in [2.45, 2.75) is 38.3 Å². The van der Waals surface area contributed by atoms with Gasteiger partial charge in [0.1, 0.15) is 5.82 Å². The second-order valence-electron chi connectivity index (χ2n) is 7.93. The van der Waals surface area contributed by atoms with E-state index in [1.807, 2.05) is 13.0 Å². The Labute approximate surface area is 208 Å². The first-order valence-corrected chi connectivity index (χ1v) is 11.5. The zero-order chi connectivity index (χ0) is 21.7. The normalized spacial score (nSPS) is 20.6. The summed E-state index contributed by atoms with van der Waals surface area (Å²) in [5.74, 6) is 0.559. The molecule has 0 aromatic heterocycles. The molecule has 2 unspecified atom stereocenters. The van der Waals surface area contributed by atoms with Gasteiger partial charge in [-0.3, -0.25) is 9.89 Å². The second-order valence-corrected chi connectivity index (χ2v) is 7.93. The number of guanidine groups is 1. The summed E-state index contributed by atoms with van der Waals surface area (Å²) in [5, 5.41) is 6.68. The van der Waals surface area contributed by atoms with Crippen LogP contribution >= 0.6 is 24.0 Å². The molecule has 0 radical (unpaired) electrons. The molecule has 32 heavy (non-hydrogen) atoms. The Morgan fingerprint density at radius 2 is 2.12 bits per heavy atom. The summed E-state index contributed by atoms with van der Waals surface area (Å²) in [6.45, 7) is 9.43. The van der Waals surface area contributed by atoms with Gasteiger partial charge in [0, 0.05) is 39.4 Å². The molecule has 2 N–H and O–H groups in total. The number of hydrogen-bond donors (Lipinski definition) is 2. The molecule has 1 aromatic rings. The Balaban J connectivity index is 0.00000363. The Morgan fingerprint density at radius 1 is 1.28 bits per heavy atom. The minimum Gasteiger partial charge on any atom is -0.379 e. The first-order chi connectivity index (χ1) is 15.3. The lowest BCUT2D eigenvalue weighted by molar-refractivity contribution is 0.0168. The summed E-state index contributed by atoms with van der Waals surface area (Å²) in [6, 6.07) is 6.86. The summed E-state index contributed by atoms with van der Waals surface area (Å²) in [6.07, 6.45) is 3.41. The molecule has 0 aliphatic carbocycles. The van der Waals surface area contributed by atoms with Crippen LogP contribution in [0, 0.1) is 5.82 Å². The van der Waals surface area contributed by atoms with Crippen molar-refractivity contribution in [1.29, 1.82) is 0 Å². The zero-order valence-corrected chi connectivity index (χ0v) is 21.4. The Hall–Kier alpha value is -1.01. The van der Waals surface area contributed by atoms with Crippen molar-refractivity contribution in [3.05, 3.63) is 35.6 Å². The van der Waals surface area contributed by atoms with E-state index < -0.39 is 0 Å². The molecule has 2 heterocycles. The third kappa shape index (κ3) is 9.46. The highest BCUT2D eigenvalue weighted by molar-refractivity contribution is 14.0. The minimum absolute atomic E-state index is 0. The molecule has 2 saturated heterocycles. The molecule has 2 atom stereocenters. The van der Waals surface area contributed by atoms with E-state index in [1.54, 1.807) is 12.1 Å². The molecule has 0 spiro atoms. The molecule has 9 heteroatoms. The average Bonchev–Trinajstić information content (AvgIpc) is 3.30. The quantitative estimate of drug-likeness (QED) is 0.187. The van der Waals surface area contributed by atoms with Crippen molar-refractivity contribution >= 4 is 29.9 Å². The highest BCUT2D eigenvalue weighted by Gasteiger charge is 2.23. The van der Waals surface area contributed by atoms with Crippen LogP contribution in [0.4, 0.5) is 4.39 Å². The van der Waals surface area contributed by atoms with Crippen LogP contribution in [0.2, 0.25) is 0 Å². The fraction of sp³-hybridized carbons (Fsp3) is 0.696. The second kappa shape index (κ2) is 15.8. The largest absolute Gasteiger partial charge is 0.379 e. The molecule has 1 aromatic carbocycles. The van der Waals surface area contributed by atoms with Gasteiger partial charge in [0.05, 0.1) is 38.5 Å². The van der Waals surface area contributed by atoms with Crippen molar-refractivity contribution in [3.63, 3.8) is 0 Å². The molecule has 2 aliphatic rings. The van der Waals surface area contributed by atoms with Crippen LogP contribution in [0.1, 0.15) is 37.8 Å². The summed E-state index contributed by atoms with van der Waals surface area (Å²) < 4.78 is 30.7. The van der Waals surface area contributed by atoms with E-state index >= 15 is 0 Å². The molecular formula is C23H38FIN4O3. The monoisotopic (exact) mass is 564 g/mol. The van der Waals surface area contributed by atoms with Crippen LogP contribution in [0.5, 0.6) is 0 Å². The lowest BCUT2D eigenvalue weighted by Crippen LogP contribution is -2.42. The number of rotatable bonds is 11. The predicted molar refractivity (Wildman–Crippen MR) is 135 cm³/mol. The summed E-state index contributed by atoms with van der Waals surface area (Å²) in [7, 11) is 0. The molecule has 0 bridgehead atoms. The molecule has 2 fully saturated rings. The zero-order valence-electron chi connectivity index (χ0n) is 19.1. The standard InChI is InChI=1S/C23H37FN4O3.HI/c1-2-25-23(26-9-5-12-30-18-21-8-4-13-31-21)27-17-22(28-10-14-29-15-11-28)19-6-3-7-20(24)16-19;/h3,6-7,16,21-22H,2,4-5,8-15,17-18H2,1H3,(H2,25,26,27);1H. The number of morpholine rings is 1. The highest BCUT2D eigenvalue weighted by Crippen LogP contribution is 2.23. The lowest BCUT2D eigenvalue weighted by Gasteiger charge is -2.34. The molecule has 182 valence electrons. The van der Waals surface area contributed by atoms with Crippen molar-refractivity contribution in [3.8, 4) is 0 Å². The van der Waals surface area contributed by atoms with Crippen LogP contribution in [0.3, 0.4) is 0 Å². The summed E-state index contributed by atoms with van der Waals surface area (Å²) in [4.78, 5) is 7.13. The van der Waals surface area contributed by atoms with Gasteiger partial charge in [-0.2, -0.15) is 0 Å². The number of nitrogens with one attached hydrogen (secondary N) is 2. The molecular weight excluding hydrogens is 526 g/mol. The van der Waals surface area contributed by atoms with E-state index in [0.29, 0.717) is 33.0 Å². The fourth-order valence-electron chi connectivity index (χ4n) is 3.93. The molecule has 0 saturated carbocycles. The van der Waals surface area contributed by atoms with E-state index in [0.717, 1.165) is 63.6 Å². The van der Waals surface area contributed by atoms with Crippen LogP contribution < -0.4 is 10.6 Å². The van der Waals surface area contributed by atoms with Gasteiger partial charge in [-0.1, -0.05) is 12.1 Å². The Bertz CT molecular complexity index is 670. The Kier molecular flexibility index (Phi) is 13.4. The van der Waals surface area contributed by atoms with Gasteiger partial charge in [-0.05, 0) is 43.9 Å². The van der Waals surface area contributed by atoms with Crippen molar-refractivity contribution < 1.29 is 18.6 Å². The van der Waals surface area contributed by atoms with E-state index in [2.05, 4.69) is 15.5 Å². The first kappa shape index (κ1) is 27.2. The van der Waals surface area contributed by atoms with Crippen molar-refractivity contribution in [1.82, 2.24) is 15.5 Å². The number of benzene rings is 1. The Morgan fingerprint density at radius 3 is 2.84 bits per heavy atom. The number of hydrogen-bond acceptors (Lipinski definition) is 5. The summed E-state index contributed by atoms with van der Waals surface area (Å²) >= 11 is 0. The average molecular weight is 564 g/mol. The predicted octanol–water partition coefficient (Wildman–Crippen LogP) is 2.96. The third-order valence-corrected chi connectivity index (χ3v) is 5.57. The number of nitrogens with zero attached hydrogens (tertiary/aromatic N) is 2. The van der Waals surface area contributed by atoms with E-state index in [-0.39, 0.29) is 41.9 Å². The van der Waals surface area contributed by atoms with Gasteiger partial charge in [-0.15, -0.1) is 24.0 Å². The maximum atomic E-state index is 13.9. The van der Waals surface area contributed by atoms with Gasteiger partial charge in [0.15, 0.2) is 5.96 Å². The number of aliphatic imine (C=N–C) groups is 1. The summed E-state index contributed by atoms with van der Waals surface area (Å²) in [5.41, 5.74) is 0.948. The number of ether oxygens (including phenoxy) is 3. The third-order valence-electron chi connectivity index (χ3n) is 5.57. The molecule has 2 aliphatic heterocycles. The van der Waals surface area contributed by atoms with Gasteiger partial charge in [0.2, 0.25) is 0 Å². The van der Waals surface area contributed by atoms with Crippen LogP contribution in [0.15, 0.2) is 29.3 Å². The van der Waals surface area contributed by atoms with E-state index in [1.165, 1.54) is 6.07 Å². The maximum absolute atomic E-state index is 13.9. The molecule has 7 nitrogen and oxygen atoms in total. The van der Waals surface area contributed by atoms with E-state index in [4.69, 9.17) is 19.2 Å². The number of halogens is 2. The van der Waals surface area contributed by atoms with Crippen LogP contribution in [0.25, 0.3) is 0 Å². The topological polar surface area (TPSA) is 67.4 Å². The van der Waals surface area contributed by atoms with Crippen LogP contribution in [-0.2, 0) is 14.2 Å². The first-order valence-electron chi connectivity index (χ1n) is 11.5. The van der Waals surface area contributed by atoms with E-state index in [9.17, 15) is 4.39 Å². The van der Waals surface area contributed by atoms with Gasteiger partial charge in [0.25, 0.3) is 0 Å². The SMILES string of the molecule is CCNC(=NCC(c1cccc(F)c1)N1CCOCC1)NCCCOCC1CCCO1.I. The minimum atomic E-state index is -0.215. The van der Waals surface area contributed by atoms with Gasteiger partial charge < -0.3 is 24.8 Å². The van der Waals surface area contributed by atoms with Crippen molar-refractivity contribution in [2.24, 2.45) is 4.99 Å². The smallest absolute Gasteiger partial charge is 0.191 e. The highest BCUT2D eigenvalue weighted by atomic mass is 127. The maximum Gasteiger partial charge on any atom is 0.191 e. The molecule has 0 amide bonds. The van der Waals surface area contributed by atoms with Crippen molar-refractivity contribution in [2.75, 3.05) is 65.8 Å².